The van der Waals surface area contributed by atoms with Crippen LogP contribution in [0, 0.1) is 5.82 Å². The van der Waals surface area contributed by atoms with Gasteiger partial charge in [-0.1, -0.05) is 18.7 Å². The highest BCUT2D eigenvalue weighted by molar-refractivity contribution is 5.96. The lowest BCUT2D eigenvalue weighted by atomic mass is 10.1. The number of hydrogen-bond acceptors (Lipinski definition) is 4. The lowest BCUT2D eigenvalue weighted by molar-refractivity contribution is 0.0522. The number of carbonyl (C=O) groups excluding carboxylic acids is 1. The SMILES string of the molecule is C=Cc1ccnc(Oc2ccc(C3CC3)cc2F)c1C(=O)OCC. The molecule has 0 radical (unpaired) electrons. The largest absolute Gasteiger partial charge is 0.462 e. The number of aromatic nitrogens is 1. The van der Waals surface area contributed by atoms with E-state index in [0.29, 0.717) is 11.5 Å². The van der Waals surface area contributed by atoms with Crippen molar-refractivity contribution in [1.82, 2.24) is 4.98 Å². The summed E-state index contributed by atoms with van der Waals surface area (Å²) in [4.78, 5) is 16.2. The van der Waals surface area contributed by atoms with Gasteiger partial charge in [0.2, 0.25) is 5.88 Å². The lowest BCUT2D eigenvalue weighted by Gasteiger charge is -2.12. The van der Waals surface area contributed by atoms with Gasteiger partial charge < -0.3 is 9.47 Å². The summed E-state index contributed by atoms with van der Waals surface area (Å²) in [5.41, 5.74) is 1.63. The highest BCUT2D eigenvalue weighted by Crippen LogP contribution is 2.41. The first-order chi connectivity index (χ1) is 11.6. The molecule has 1 aromatic heterocycles. The van der Waals surface area contributed by atoms with Crippen molar-refractivity contribution in [3.63, 3.8) is 0 Å². The molecule has 3 rings (SSSR count). The van der Waals surface area contributed by atoms with Crippen molar-refractivity contribution in [3.8, 4) is 11.6 Å². The number of hydrogen-bond donors (Lipinski definition) is 0. The molecule has 1 saturated carbocycles. The second kappa shape index (κ2) is 6.83. The van der Waals surface area contributed by atoms with Crippen LogP contribution in [-0.2, 0) is 4.74 Å². The Hall–Kier alpha value is -2.69. The van der Waals surface area contributed by atoms with Gasteiger partial charge in [0.15, 0.2) is 11.6 Å². The Kier molecular flexibility index (Phi) is 4.60. The van der Waals surface area contributed by atoms with Crippen LogP contribution in [0.5, 0.6) is 11.6 Å². The maximum Gasteiger partial charge on any atom is 0.344 e. The minimum atomic E-state index is -0.578. The molecule has 0 amide bonds. The Morgan fingerprint density at radius 2 is 2.21 bits per heavy atom. The number of benzene rings is 1. The Bertz CT molecular complexity index is 784. The number of nitrogens with zero attached hydrogens (tertiary/aromatic N) is 1. The molecule has 0 spiro atoms. The molecule has 4 nitrogen and oxygen atoms in total. The molecule has 5 heteroatoms. The maximum absolute atomic E-state index is 14.3. The smallest absolute Gasteiger partial charge is 0.344 e. The van der Waals surface area contributed by atoms with E-state index in [9.17, 15) is 9.18 Å². The third kappa shape index (κ3) is 3.30. The number of pyridine rings is 1. The quantitative estimate of drug-likeness (QED) is 0.721. The van der Waals surface area contributed by atoms with E-state index in [2.05, 4.69) is 11.6 Å². The van der Waals surface area contributed by atoms with E-state index in [1.54, 1.807) is 19.1 Å². The molecule has 0 N–H and O–H groups in total. The Morgan fingerprint density at radius 1 is 1.42 bits per heavy atom. The van der Waals surface area contributed by atoms with Crippen LogP contribution in [0.25, 0.3) is 6.08 Å². The van der Waals surface area contributed by atoms with Crippen molar-refractivity contribution in [2.75, 3.05) is 6.61 Å². The topological polar surface area (TPSA) is 48.4 Å². The lowest BCUT2D eigenvalue weighted by Crippen LogP contribution is -2.10. The summed E-state index contributed by atoms with van der Waals surface area (Å²) in [6, 6.07) is 6.52. The van der Waals surface area contributed by atoms with Gasteiger partial charge in [-0.05, 0) is 55.0 Å². The van der Waals surface area contributed by atoms with Gasteiger partial charge in [0.25, 0.3) is 0 Å². The molecule has 0 unspecified atom stereocenters. The summed E-state index contributed by atoms with van der Waals surface area (Å²) < 4.78 is 24.9. The molecule has 1 aliphatic rings. The van der Waals surface area contributed by atoms with Crippen LogP contribution in [0.2, 0.25) is 0 Å². The fourth-order valence-corrected chi connectivity index (χ4v) is 2.49. The molecule has 124 valence electrons. The molecule has 24 heavy (non-hydrogen) atoms. The van der Waals surface area contributed by atoms with E-state index >= 15 is 0 Å². The van der Waals surface area contributed by atoms with Crippen LogP contribution in [-0.4, -0.2) is 17.6 Å². The van der Waals surface area contributed by atoms with Gasteiger partial charge in [-0.3, -0.25) is 0 Å². The highest BCUT2D eigenvalue weighted by Gasteiger charge is 2.25. The highest BCUT2D eigenvalue weighted by atomic mass is 19.1. The first-order valence-electron chi connectivity index (χ1n) is 7.90. The monoisotopic (exact) mass is 327 g/mol. The fourth-order valence-electron chi connectivity index (χ4n) is 2.49. The van der Waals surface area contributed by atoms with Crippen LogP contribution in [0.3, 0.4) is 0 Å². The molecule has 0 saturated heterocycles. The normalized spacial score (nSPS) is 13.4. The predicted octanol–water partition coefficient (Wildman–Crippen LogP) is 4.71. The average Bonchev–Trinajstić information content (AvgIpc) is 3.41. The number of esters is 1. The molecule has 1 aliphatic carbocycles. The summed E-state index contributed by atoms with van der Waals surface area (Å²) in [7, 11) is 0. The standard InChI is InChI=1S/C19H18FNO3/c1-3-12-9-10-21-18(17(12)19(22)23-4-2)24-16-8-7-14(11-15(16)20)13-5-6-13/h3,7-11,13H,1,4-6H2,2H3. The van der Waals surface area contributed by atoms with Crippen LogP contribution in [0.1, 0.15) is 47.2 Å². The predicted molar refractivity (Wildman–Crippen MR) is 88.7 cm³/mol. The van der Waals surface area contributed by atoms with Gasteiger partial charge in [0, 0.05) is 6.20 Å². The van der Waals surface area contributed by atoms with Gasteiger partial charge in [-0.15, -0.1) is 0 Å². The Balaban J connectivity index is 1.94. The summed E-state index contributed by atoms with van der Waals surface area (Å²) in [5.74, 6) is -0.570. The van der Waals surface area contributed by atoms with Gasteiger partial charge in [0.05, 0.1) is 6.61 Å². The Labute approximate surface area is 139 Å². The minimum absolute atomic E-state index is 0.00363. The van der Waals surface area contributed by atoms with Crippen LogP contribution >= 0.6 is 0 Å². The molecule has 1 fully saturated rings. The number of carbonyl (C=O) groups is 1. The molecule has 2 aromatic rings. The van der Waals surface area contributed by atoms with Crippen LogP contribution < -0.4 is 4.74 Å². The summed E-state index contributed by atoms with van der Waals surface area (Å²) in [6.45, 7) is 5.60. The Morgan fingerprint density at radius 3 is 2.83 bits per heavy atom. The molecule has 1 aromatic carbocycles. The zero-order valence-electron chi connectivity index (χ0n) is 13.4. The molecule has 0 atom stereocenters. The maximum atomic E-state index is 14.3. The third-order valence-electron chi connectivity index (χ3n) is 3.86. The van der Waals surface area contributed by atoms with Gasteiger partial charge in [-0.25, -0.2) is 14.2 Å². The fraction of sp³-hybridized carbons (Fsp3) is 0.263. The van der Waals surface area contributed by atoms with Crippen molar-refractivity contribution < 1.29 is 18.7 Å². The summed E-state index contributed by atoms with van der Waals surface area (Å²) in [5, 5.41) is 0. The van der Waals surface area contributed by atoms with Crippen molar-refractivity contribution >= 4 is 12.0 Å². The van der Waals surface area contributed by atoms with Gasteiger partial charge >= 0.3 is 5.97 Å². The first kappa shape index (κ1) is 16.2. The minimum Gasteiger partial charge on any atom is -0.462 e. The number of ether oxygens (including phenoxy) is 2. The van der Waals surface area contributed by atoms with E-state index in [4.69, 9.17) is 9.47 Å². The van der Waals surface area contributed by atoms with E-state index in [1.165, 1.54) is 18.3 Å². The van der Waals surface area contributed by atoms with Gasteiger partial charge in [-0.2, -0.15) is 0 Å². The molecule has 0 aliphatic heterocycles. The second-order valence-electron chi connectivity index (χ2n) is 5.57. The molecule has 1 heterocycles. The summed E-state index contributed by atoms with van der Waals surface area (Å²) >= 11 is 0. The third-order valence-corrected chi connectivity index (χ3v) is 3.86. The van der Waals surface area contributed by atoms with Crippen molar-refractivity contribution in [3.05, 3.63) is 59.5 Å². The van der Waals surface area contributed by atoms with Crippen LogP contribution in [0.15, 0.2) is 37.0 Å². The molecular weight excluding hydrogens is 309 g/mol. The zero-order valence-corrected chi connectivity index (χ0v) is 13.4. The van der Waals surface area contributed by atoms with E-state index in [0.717, 1.165) is 18.4 Å². The number of rotatable bonds is 6. The van der Waals surface area contributed by atoms with E-state index in [-0.39, 0.29) is 23.8 Å². The summed E-state index contributed by atoms with van der Waals surface area (Å²) in [6.07, 6.45) is 5.17. The van der Waals surface area contributed by atoms with E-state index in [1.807, 2.05) is 6.07 Å². The van der Waals surface area contributed by atoms with Crippen LogP contribution in [0.4, 0.5) is 4.39 Å². The first-order valence-corrected chi connectivity index (χ1v) is 7.90. The van der Waals surface area contributed by atoms with Gasteiger partial charge in [0.1, 0.15) is 5.56 Å². The van der Waals surface area contributed by atoms with Crippen molar-refractivity contribution in [2.24, 2.45) is 0 Å². The second-order valence-corrected chi connectivity index (χ2v) is 5.57. The number of halogens is 1. The zero-order chi connectivity index (χ0) is 17.1. The van der Waals surface area contributed by atoms with Crippen molar-refractivity contribution in [2.45, 2.75) is 25.7 Å². The average molecular weight is 327 g/mol. The molecule has 0 bridgehead atoms. The molecular formula is C19H18FNO3. The van der Waals surface area contributed by atoms with Crippen molar-refractivity contribution in [1.29, 1.82) is 0 Å². The van der Waals surface area contributed by atoms with E-state index < -0.39 is 11.8 Å².